The van der Waals surface area contributed by atoms with Gasteiger partial charge in [0.25, 0.3) is 0 Å². The van der Waals surface area contributed by atoms with Gasteiger partial charge in [-0.1, -0.05) is 12.1 Å². The second-order valence-electron chi connectivity index (χ2n) is 5.44. The van der Waals surface area contributed by atoms with Crippen molar-refractivity contribution in [1.82, 2.24) is 5.32 Å². The van der Waals surface area contributed by atoms with Crippen LogP contribution in [0.4, 0.5) is 4.39 Å². The molecule has 1 aliphatic heterocycles. The summed E-state index contributed by atoms with van der Waals surface area (Å²) in [4.78, 5) is 11.8. The number of hydrogen-bond acceptors (Lipinski definition) is 4. The maximum atomic E-state index is 13.2. The number of ether oxygens (including phenoxy) is 1. The second kappa shape index (κ2) is 7.19. The van der Waals surface area contributed by atoms with Crippen molar-refractivity contribution in [3.63, 3.8) is 0 Å². The molecule has 1 aliphatic rings. The van der Waals surface area contributed by atoms with Gasteiger partial charge < -0.3 is 10.1 Å². The topological polar surface area (TPSA) is 72.5 Å². The van der Waals surface area contributed by atoms with Gasteiger partial charge in [0.1, 0.15) is 11.6 Å². The number of carbonyl (C=O) groups excluding carboxylic acids is 1. The zero-order chi connectivity index (χ0) is 16.2. The predicted molar refractivity (Wildman–Crippen MR) is 80.6 cm³/mol. The normalized spacial score (nSPS) is 19.8. The van der Waals surface area contributed by atoms with Crippen molar-refractivity contribution in [2.45, 2.75) is 31.1 Å². The number of benzene rings is 1. The number of hydrogen-bond donors (Lipinski definition) is 1. The molecular weight excluding hydrogens is 309 g/mol. The fraction of sp³-hybridized carbons (Fsp3) is 0.533. The van der Waals surface area contributed by atoms with E-state index in [1.807, 2.05) is 0 Å². The number of carbonyl (C=O) groups is 1. The summed E-state index contributed by atoms with van der Waals surface area (Å²) in [6.07, 6.45) is 1.79. The molecule has 1 aromatic carbocycles. The first kappa shape index (κ1) is 16.9. The standard InChI is InChI=1S/C15H20FNO4S/c1-11(12-4-2-5-13(16)8-12)22(19,20)10-15(18)17-9-14-6-3-7-21-14/h2,4-5,8,11,14H,3,6-7,9-10H2,1H3,(H,17,18)/t11-,14+/m1/s1. The van der Waals surface area contributed by atoms with Gasteiger partial charge in [-0.2, -0.15) is 0 Å². The van der Waals surface area contributed by atoms with E-state index in [9.17, 15) is 17.6 Å². The van der Waals surface area contributed by atoms with Gasteiger partial charge in [0.15, 0.2) is 9.84 Å². The summed E-state index contributed by atoms with van der Waals surface area (Å²) in [6, 6.07) is 5.41. The lowest BCUT2D eigenvalue weighted by Gasteiger charge is -2.14. The predicted octanol–water partition coefficient (Wildman–Crippen LogP) is 1.60. The van der Waals surface area contributed by atoms with Crippen molar-refractivity contribution in [3.8, 4) is 0 Å². The number of halogens is 1. The Morgan fingerprint density at radius 1 is 1.50 bits per heavy atom. The molecule has 0 bridgehead atoms. The second-order valence-corrected chi connectivity index (χ2v) is 7.77. The molecule has 0 unspecified atom stereocenters. The van der Waals surface area contributed by atoms with Crippen LogP contribution in [-0.4, -0.2) is 39.3 Å². The minimum absolute atomic E-state index is 0.0349. The Bertz CT molecular complexity index is 626. The lowest BCUT2D eigenvalue weighted by Crippen LogP contribution is -2.36. The van der Waals surface area contributed by atoms with Crippen LogP contribution in [0.3, 0.4) is 0 Å². The highest BCUT2D eigenvalue weighted by molar-refractivity contribution is 7.92. The highest BCUT2D eigenvalue weighted by atomic mass is 32.2. The van der Waals surface area contributed by atoms with Crippen molar-refractivity contribution >= 4 is 15.7 Å². The van der Waals surface area contributed by atoms with Crippen LogP contribution in [0.5, 0.6) is 0 Å². The van der Waals surface area contributed by atoms with E-state index in [0.717, 1.165) is 12.8 Å². The first-order valence-corrected chi connectivity index (χ1v) is 8.95. The molecule has 0 radical (unpaired) electrons. The van der Waals surface area contributed by atoms with Gasteiger partial charge in [-0.25, -0.2) is 12.8 Å². The molecule has 0 aliphatic carbocycles. The summed E-state index contributed by atoms with van der Waals surface area (Å²) in [7, 11) is -3.69. The zero-order valence-corrected chi connectivity index (χ0v) is 13.2. The molecule has 5 nitrogen and oxygen atoms in total. The average molecular weight is 329 g/mol. The first-order valence-electron chi connectivity index (χ1n) is 7.24. The zero-order valence-electron chi connectivity index (χ0n) is 12.4. The van der Waals surface area contributed by atoms with E-state index in [1.165, 1.54) is 31.2 Å². The molecule has 1 N–H and O–H groups in total. The monoisotopic (exact) mass is 329 g/mol. The van der Waals surface area contributed by atoms with E-state index in [4.69, 9.17) is 4.74 Å². The van der Waals surface area contributed by atoms with Crippen LogP contribution in [-0.2, 0) is 19.4 Å². The lowest BCUT2D eigenvalue weighted by atomic mass is 10.2. The summed E-state index contributed by atoms with van der Waals surface area (Å²) in [6.45, 7) is 2.45. The molecule has 0 spiro atoms. The Labute approximate surface area is 129 Å². The van der Waals surface area contributed by atoms with E-state index in [1.54, 1.807) is 0 Å². The van der Waals surface area contributed by atoms with E-state index in [0.29, 0.717) is 18.7 Å². The van der Waals surface area contributed by atoms with E-state index in [2.05, 4.69) is 5.32 Å². The maximum absolute atomic E-state index is 13.2. The summed E-state index contributed by atoms with van der Waals surface area (Å²) in [5, 5.41) is 1.65. The molecule has 0 aromatic heterocycles. The third-order valence-electron chi connectivity index (χ3n) is 3.74. The van der Waals surface area contributed by atoms with Crippen LogP contribution in [0.25, 0.3) is 0 Å². The van der Waals surface area contributed by atoms with Crippen molar-refractivity contribution < 1.29 is 22.3 Å². The van der Waals surface area contributed by atoms with Crippen LogP contribution >= 0.6 is 0 Å². The van der Waals surface area contributed by atoms with Crippen molar-refractivity contribution in [2.75, 3.05) is 18.9 Å². The molecule has 22 heavy (non-hydrogen) atoms. The summed E-state index contributed by atoms with van der Waals surface area (Å²) in [5.41, 5.74) is 0.340. The van der Waals surface area contributed by atoms with Crippen LogP contribution in [0.15, 0.2) is 24.3 Å². The van der Waals surface area contributed by atoms with Crippen LogP contribution in [0, 0.1) is 5.82 Å². The van der Waals surface area contributed by atoms with E-state index < -0.39 is 32.6 Å². The summed E-state index contributed by atoms with van der Waals surface area (Å²) < 4.78 is 43.0. The molecule has 1 saturated heterocycles. The van der Waals surface area contributed by atoms with Gasteiger partial charge >= 0.3 is 0 Å². The van der Waals surface area contributed by atoms with Crippen molar-refractivity contribution in [1.29, 1.82) is 0 Å². The lowest BCUT2D eigenvalue weighted by molar-refractivity contribution is -0.119. The molecule has 0 saturated carbocycles. The fourth-order valence-electron chi connectivity index (χ4n) is 2.36. The molecule has 122 valence electrons. The summed E-state index contributed by atoms with van der Waals surface area (Å²) >= 11 is 0. The van der Waals surface area contributed by atoms with Crippen molar-refractivity contribution in [3.05, 3.63) is 35.6 Å². The Hall–Kier alpha value is -1.47. The molecule has 2 atom stereocenters. The molecule has 7 heteroatoms. The maximum Gasteiger partial charge on any atom is 0.235 e. The molecule has 1 fully saturated rings. The highest BCUT2D eigenvalue weighted by Crippen LogP contribution is 2.23. The summed E-state index contributed by atoms with van der Waals surface area (Å²) in [5.74, 6) is -1.67. The first-order chi connectivity index (χ1) is 10.4. The van der Waals surface area contributed by atoms with Gasteiger partial charge in [0.2, 0.25) is 5.91 Å². The van der Waals surface area contributed by atoms with Gasteiger partial charge in [-0.3, -0.25) is 4.79 Å². The van der Waals surface area contributed by atoms with Gasteiger partial charge in [-0.05, 0) is 37.5 Å². The molecule has 2 rings (SSSR count). The quantitative estimate of drug-likeness (QED) is 0.860. The Kier molecular flexibility index (Phi) is 5.52. The van der Waals surface area contributed by atoms with Crippen LogP contribution < -0.4 is 5.32 Å². The van der Waals surface area contributed by atoms with Gasteiger partial charge in [0, 0.05) is 13.2 Å². The Morgan fingerprint density at radius 3 is 2.91 bits per heavy atom. The van der Waals surface area contributed by atoms with Crippen molar-refractivity contribution in [2.24, 2.45) is 0 Å². The third-order valence-corrected chi connectivity index (χ3v) is 5.75. The average Bonchev–Trinajstić information content (AvgIpc) is 2.97. The van der Waals surface area contributed by atoms with Gasteiger partial charge in [-0.15, -0.1) is 0 Å². The number of rotatable bonds is 6. The van der Waals surface area contributed by atoms with Gasteiger partial charge in [0.05, 0.1) is 11.4 Å². The fourth-order valence-corrected chi connectivity index (χ4v) is 3.64. The molecule has 1 heterocycles. The number of nitrogens with one attached hydrogen (secondary N) is 1. The Morgan fingerprint density at radius 2 is 2.27 bits per heavy atom. The Balaban J connectivity index is 1.93. The molecule has 1 aromatic rings. The number of amides is 1. The molecule has 1 amide bonds. The van der Waals surface area contributed by atoms with E-state index in [-0.39, 0.29) is 6.10 Å². The molecular formula is C15H20FNO4S. The smallest absolute Gasteiger partial charge is 0.235 e. The third kappa shape index (κ3) is 4.51. The van der Waals surface area contributed by atoms with Crippen LogP contribution in [0.2, 0.25) is 0 Å². The number of sulfone groups is 1. The minimum Gasteiger partial charge on any atom is -0.376 e. The SMILES string of the molecule is C[C@H](c1cccc(F)c1)S(=O)(=O)CC(=O)NC[C@@H]1CCCO1. The van der Waals surface area contributed by atoms with Crippen LogP contribution in [0.1, 0.15) is 30.6 Å². The highest BCUT2D eigenvalue weighted by Gasteiger charge is 2.26. The largest absolute Gasteiger partial charge is 0.376 e. The van der Waals surface area contributed by atoms with E-state index >= 15 is 0 Å². The minimum atomic E-state index is -3.69.